The minimum atomic E-state index is -3.74. The monoisotopic (exact) mass is 353 g/mol. The molecule has 25 heavy (non-hydrogen) atoms. The third kappa shape index (κ3) is 3.51. The summed E-state index contributed by atoms with van der Waals surface area (Å²) in [6, 6.07) is 14.7. The molecule has 1 aromatic heterocycles. The zero-order valence-corrected chi connectivity index (χ0v) is 14.2. The molecule has 126 valence electrons. The van der Waals surface area contributed by atoms with Crippen molar-refractivity contribution in [3.8, 4) is 17.5 Å². The highest BCUT2D eigenvalue weighted by atomic mass is 32.2. The molecule has 0 radical (unpaired) electrons. The lowest BCUT2D eigenvalue weighted by molar-refractivity contribution is 0.601. The van der Waals surface area contributed by atoms with Crippen LogP contribution in [0.3, 0.4) is 0 Å². The molecule has 0 atom stereocenters. The van der Waals surface area contributed by atoms with Gasteiger partial charge in [-0.15, -0.1) is 10.2 Å². The summed E-state index contributed by atoms with van der Waals surface area (Å²) in [4.78, 5) is 0.0913. The summed E-state index contributed by atoms with van der Waals surface area (Å²) in [7, 11) is -3.74. The lowest BCUT2D eigenvalue weighted by atomic mass is 10.2. The lowest BCUT2D eigenvalue weighted by Crippen LogP contribution is -2.13. The number of nitrogens with one attached hydrogen (secondary N) is 1. The Bertz CT molecular complexity index is 1030. The second kappa shape index (κ2) is 6.75. The summed E-state index contributed by atoms with van der Waals surface area (Å²) in [5.41, 5.74) is 1.59. The minimum absolute atomic E-state index is 0.0913. The zero-order chi connectivity index (χ0) is 17.9. The van der Waals surface area contributed by atoms with Crippen LogP contribution in [0.5, 0.6) is 0 Å². The van der Waals surface area contributed by atoms with Gasteiger partial charge in [-0.05, 0) is 43.3 Å². The summed E-state index contributed by atoms with van der Waals surface area (Å²) >= 11 is 0. The van der Waals surface area contributed by atoms with Crippen LogP contribution in [0.15, 0.2) is 59.8 Å². The first-order valence-corrected chi connectivity index (χ1v) is 9.03. The van der Waals surface area contributed by atoms with E-state index >= 15 is 0 Å². The van der Waals surface area contributed by atoms with E-state index in [1.54, 1.807) is 24.5 Å². The van der Waals surface area contributed by atoms with E-state index in [2.05, 4.69) is 14.9 Å². The third-order valence-corrected chi connectivity index (χ3v) is 5.02. The molecule has 0 saturated carbocycles. The number of hydrogen-bond donors (Lipinski definition) is 1. The third-order valence-electron chi connectivity index (χ3n) is 3.62. The quantitative estimate of drug-likeness (QED) is 0.760. The molecule has 0 unspecified atom stereocenters. The Labute approximate surface area is 145 Å². The number of hydrogen-bond acceptors (Lipinski definition) is 5. The van der Waals surface area contributed by atoms with Crippen molar-refractivity contribution in [2.75, 3.05) is 4.72 Å². The van der Waals surface area contributed by atoms with E-state index in [0.717, 1.165) is 5.56 Å². The summed E-state index contributed by atoms with van der Waals surface area (Å²) in [6.07, 6.45) is 1.63. The normalized spacial score (nSPS) is 11.0. The maximum absolute atomic E-state index is 12.5. The molecule has 7 nitrogen and oxygen atoms in total. The van der Waals surface area contributed by atoms with Gasteiger partial charge in [-0.25, -0.2) is 8.42 Å². The molecule has 3 aromatic rings. The van der Waals surface area contributed by atoms with Crippen LogP contribution in [0.1, 0.15) is 12.5 Å². The van der Waals surface area contributed by atoms with E-state index in [9.17, 15) is 8.42 Å². The van der Waals surface area contributed by atoms with Crippen molar-refractivity contribution in [3.63, 3.8) is 0 Å². The molecular weight excluding hydrogens is 338 g/mol. The number of anilines is 1. The van der Waals surface area contributed by atoms with Crippen LogP contribution in [0, 0.1) is 11.3 Å². The number of rotatable bonds is 5. The molecule has 2 aromatic carbocycles. The number of nitriles is 1. The largest absolute Gasteiger partial charge is 0.314 e. The predicted octanol–water partition coefficient (Wildman–Crippen LogP) is 2.64. The average Bonchev–Trinajstić information content (AvgIpc) is 3.10. The smallest absolute Gasteiger partial charge is 0.261 e. The maximum Gasteiger partial charge on any atom is 0.261 e. The number of nitrogens with zero attached hydrogens (tertiary/aromatic N) is 4. The molecule has 0 aliphatic rings. The second-order valence-corrected chi connectivity index (χ2v) is 6.95. The Morgan fingerprint density at radius 1 is 1.20 bits per heavy atom. The van der Waals surface area contributed by atoms with Gasteiger partial charge < -0.3 is 4.57 Å². The Morgan fingerprint density at radius 3 is 2.64 bits per heavy atom. The minimum Gasteiger partial charge on any atom is -0.314 e. The van der Waals surface area contributed by atoms with Gasteiger partial charge in [0.1, 0.15) is 6.33 Å². The van der Waals surface area contributed by atoms with Gasteiger partial charge >= 0.3 is 0 Å². The fourth-order valence-electron chi connectivity index (χ4n) is 2.35. The Balaban J connectivity index is 1.90. The molecule has 8 heteroatoms. The van der Waals surface area contributed by atoms with Crippen LogP contribution in [-0.2, 0) is 16.6 Å². The highest BCUT2D eigenvalue weighted by Crippen LogP contribution is 2.23. The molecule has 0 amide bonds. The van der Waals surface area contributed by atoms with Crippen molar-refractivity contribution in [2.45, 2.75) is 18.4 Å². The Kier molecular flexibility index (Phi) is 4.50. The second-order valence-electron chi connectivity index (χ2n) is 5.26. The van der Waals surface area contributed by atoms with Crippen LogP contribution >= 0.6 is 0 Å². The number of sulfonamides is 1. The van der Waals surface area contributed by atoms with Gasteiger partial charge in [-0.2, -0.15) is 5.26 Å². The fourth-order valence-corrected chi connectivity index (χ4v) is 3.40. The molecular formula is C17H15N5O2S. The molecule has 1 N–H and O–H groups in total. The molecule has 0 saturated heterocycles. The topological polar surface area (TPSA) is 101 Å². The molecule has 0 bridgehead atoms. The van der Waals surface area contributed by atoms with E-state index in [-0.39, 0.29) is 4.90 Å². The molecule has 0 aliphatic carbocycles. The van der Waals surface area contributed by atoms with E-state index in [1.165, 1.54) is 24.3 Å². The summed E-state index contributed by atoms with van der Waals surface area (Å²) in [5.74, 6) is 0.668. The van der Waals surface area contributed by atoms with Crippen LogP contribution in [-0.4, -0.2) is 23.2 Å². The van der Waals surface area contributed by atoms with Gasteiger partial charge in [0.15, 0.2) is 5.82 Å². The summed E-state index contributed by atoms with van der Waals surface area (Å²) in [5, 5.41) is 16.8. The zero-order valence-electron chi connectivity index (χ0n) is 13.4. The van der Waals surface area contributed by atoms with Crippen LogP contribution < -0.4 is 4.72 Å². The van der Waals surface area contributed by atoms with Gasteiger partial charge in [0, 0.05) is 17.8 Å². The molecule has 0 fully saturated rings. The summed E-state index contributed by atoms with van der Waals surface area (Å²) < 4.78 is 29.4. The van der Waals surface area contributed by atoms with Crippen LogP contribution in [0.25, 0.3) is 11.4 Å². The first-order valence-electron chi connectivity index (χ1n) is 7.54. The van der Waals surface area contributed by atoms with Crippen molar-refractivity contribution in [3.05, 3.63) is 60.4 Å². The van der Waals surface area contributed by atoms with Gasteiger partial charge in [0.05, 0.1) is 16.5 Å². The van der Waals surface area contributed by atoms with Crippen molar-refractivity contribution in [1.82, 2.24) is 14.8 Å². The molecule has 3 rings (SSSR count). The molecule has 0 spiro atoms. The SMILES string of the molecule is CCn1cnnc1-c1cccc(NS(=O)(=O)c2ccc(C#N)cc2)c1. The van der Waals surface area contributed by atoms with Crippen LogP contribution in [0.4, 0.5) is 5.69 Å². The first-order chi connectivity index (χ1) is 12.0. The fraction of sp³-hybridized carbons (Fsp3) is 0.118. The summed E-state index contributed by atoms with van der Waals surface area (Å²) in [6.45, 7) is 2.69. The van der Waals surface area contributed by atoms with E-state index < -0.39 is 10.0 Å². The van der Waals surface area contributed by atoms with Gasteiger partial charge in [0.25, 0.3) is 10.0 Å². The standard InChI is InChI=1S/C17H15N5O2S/c1-2-22-12-19-20-17(22)14-4-3-5-15(10-14)21-25(23,24)16-8-6-13(11-18)7-9-16/h3-10,12,21H,2H2,1H3. The first kappa shape index (κ1) is 16.7. The highest BCUT2D eigenvalue weighted by molar-refractivity contribution is 7.92. The van der Waals surface area contributed by atoms with Crippen molar-refractivity contribution in [2.24, 2.45) is 0 Å². The average molecular weight is 353 g/mol. The van der Waals surface area contributed by atoms with E-state index in [4.69, 9.17) is 5.26 Å². The van der Waals surface area contributed by atoms with Crippen molar-refractivity contribution >= 4 is 15.7 Å². The number of aromatic nitrogens is 3. The van der Waals surface area contributed by atoms with Crippen molar-refractivity contribution in [1.29, 1.82) is 5.26 Å². The maximum atomic E-state index is 12.5. The molecule has 0 aliphatic heterocycles. The van der Waals surface area contributed by atoms with Gasteiger partial charge in [0.2, 0.25) is 0 Å². The number of benzene rings is 2. The lowest BCUT2D eigenvalue weighted by Gasteiger charge is -2.10. The highest BCUT2D eigenvalue weighted by Gasteiger charge is 2.15. The van der Waals surface area contributed by atoms with Crippen LogP contribution in [0.2, 0.25) is 0 Å². The van der Waals surface area contributed by atoms with E-state index in [1.807, 2.05) is 23.6 Å². The molecule has 1 heterocycles. The predicted molar refractivity (Wildman–Crippen MR) is 93.1 cm³/mol. The van der Waals surface area contributed by atoms with Gasteiger partial charge in [-0.1, -0.05) is 12.1 Å². The van der Waals surface area contributed by atoms with Crippen molar-refractivity contribution < 1.29 is 8.42 Å². The Morgan fingerprint density at radius 2 is 1.96 bits per heavy atom. The van der Waals surface area contributed by atoms with Gasteiger partial charge in [-0.3, -0.25) is 4.72 Å². The number of aryl methyl sites for hydroxylation is 1. The van der Waals surface area contributed by atoms with E-state index in [0.29, 0.717) is 23.6 Å². The Hall–Kier alpha value is -3.18.